The van der Waals surface area contributed by atoms with Gasteiger partial charge < -0.3 is 16.0 Å². The second-order valence-electron chi connectivity index (χ2n) is 5.77. The standard InChI is InChI=1S/C18H23N3O/c1-12(2)19-18(22)21-16-9-7-15(8-10-16)20-17-11-13(3)5-6-14(17)4/h5-12,20H,1-4H3,(H2,19,21,22). The number of hydrogen-bond donors (Lipinski definition) is 3. The molecule has 4 heteroatoms. The number of benzene rings is 2. The normalized spacial score (nSPS) is 10.4. The van der Waals surface area contributed by atoms with Gasteiger partial charge >= 0.3 is 6.03 Å². The van der Waals surface area contributed by atoms with Crippen molar-refractivity contribution < 1.29 is 4.79 Å². The number of anilines is 3. The monoisotopic (exact) mass is 297 g/mol. The van der Waals surface area contributed by atoms with Crippen LogP contribution < -0.4 is 16.0 Å². The van der Waals surface area contributed by atoms with E-state index in [-0.39, 0.29) is 12.1 Å². The minimum Gasteiger partial charge on any atom is -0.355 e. The van der Waals surface area contributed by atoms with E-state index in [1.807, 2.05) is 38.1 Å². The molecule has 0 spiro atoms. The van der Waals surface area contributed by atoms with Crippen molar-refractivity contribution in [3.63, 3.8) is 0 Å². The summed E-state index contributed by atoms with van der Waals surface area (Å²) >= 11 is 0. The van der Waals surface area contributed by atoms with Crippen LogP contribution in [0.25, 0.3) is 0 Å². The number of urea groups is 1. The molecule has 2 aromatic rings. The molecule has 0 unspecified atom stereocenters. The molecule has 2 amide bonds. The van der Waals surface area contributed by atoms with Gasteiger partial charge in [0.25, 0.3) is 0 Å². The average Bonchev–Trinajstić information content (AvgIpc) is 2.44. The van der Waals surface area contributed by atoms with E-state index in [4.69, 9.17) is 0 Å². The van der Waals surface area contributed by atoms with E-state index in [9.17, 15) is 4.79 Å². The molecule has 0 radical (unpaired) electrons. The van der Waals surface area contributed by atoms with E-state index < -0.39 is 0 Å². The van der Waals surface area contributed by atoms with Crippen LogP contribution in [-0.2, 0) is 0 Å². The van der Waals surface area contributed by atoms with Crippen LogP contribution in [0.5, 0.6) is 0 Å². The topological polar surface area (TPSA) is 53.2 Å². The summed E-state index contributed by atoms with van der Waals surface area (Å²) in [6.07, 6.45) is 0. The van der Waals surface area contributed by atoms with Crippen LogP contribution in [0.1, 0.15) is 25.0 Å². The Bertz CT molecular complexity index is 648. The third-order valence-corrected chi connectivity index (χ3v) is 3.23. The van der Waals surface area contributed by atoms with E-state index in [0.717, 1.165) is 17.1 Å². The van der Waals surface area contributed by atoms with Crippen molar-refractivity contribution >= 4 is 23.1 Å². The fourth-order valence-electron chi connectivity index (χ4n) is 2.09. The Balaban J connectivity index is 2.03. The molecule has 0 heterocycles. The second kappa shape index (κ2) is 6.98. The molecule has 0 aromatic heterocycles. The molecule has 0 saturated carbocycles. The molecule has 0 saturated heterocycles. The highest BCUT2D eigenvalue weighted by molar-refractivity contribution is 5.89. The molecule has 3 N–H and O–H groups in total. The SMILES string of the molecule is Cc1ccc(C)c(Nc2ccc(NC(=O)NC(C)C)cc2)c1. The first kappa shape index (κ1) is 15.9. The summed E-state index contributed by atoms with van der Waals surface area (Å²) in [6.45, 7) is 8.01. The second-order valence-corrected chi connectivity index (χ2v) is 5.77. The molecule has 2 aromatic carbocycles. The molecule has 22 heavy (non-hydrogen) atoms. The molecular weight excluding hydrogens is 274 g/mol. The van der Waals surface area contributed by atoms with Gasteiger partial charge in [-0.05, 0) is 69.2 Å². The van der Waals surface area contributed by atoms with Crippen molar-refractivity contribution in [1.29, 1.82) is 0 Å². The van der Waals surface area contributed by atoms with Crippen LogP contribution in [0.2, 0.25) is 0 Å². The minimum atomic E-state index is -0.190. The minimum absolute atomic E-state index is 0.116. The summed E-state index contributed by atoms with van der Waals surface area (Å²) < 4.78 is 0. The number of aryl methyl sites for hydroxylation is 2. The Hall–Kier alpha value is -2.49. The zero-order valence-electron chi connectivity index (χ0n) is 13.5. The molecule has 2 rings (SSSR count). The van der Waals surface area contributed by atoms with Crippen molar-refractivity contribution in [2.45, 2.75) is 33.7 Å². The molecular formula is C18H23N3O. The molecule has 0 aliphatic carbocycles. The maximum absolute atomic E-state index is 11.6. The Labute approximate surface area is 131 Å². The Morgan fingerprint density at radius 2 is 1.59 bits per heavy atom. The van der Waals surface area contributed by atoms with Crippen molar-refractivity contribution in [2.24, 2.45) is 0 Å². The number of nitrogens with one attached hydrogen (secondary N) is 3. The summed E-state index contributed by atoms with van der Waals surface area (Å²) in [5, 5.41) is 9.00. The lowest BCUT2D eigenvalue weighted by molar-refractivity contribution is 0.250. The van der Waals surface area contributed by atoms with Crippen LogP contribution in [0.4, 0.5) is 21.9 Å². The van der Waals surface area contributed by atoms with Crippen LogP contribution in [0.15, 0.2) is 42.5 Å². The van der Waals surface area contributed by atoms with Gasteiger partial charge in [-0.25, -0.2) is 4.79 Å². The highest BCUT2D eigenvalue weighted by atomic mass is 16.2. The lowest BCUT2D eigenvalue weighted by atomic mass is 10.1. The fourth-order valence-corrected chi connectivity index (χ4v) is 2.09. The summed E-state index contributed by atoms with van der Waals surface area (Å²) in [7, 11) is 0. The Morgan fingerprint density at radius 1 is 0.955 bits per heavy atom. The lowest BCUT2D eigenvalue weighted by Gasteiger charge is -2.12. The van der Waals surface area contributed by atoms with E-state index in [1.165, 1.54) is 11.1 Å². The van der Waals surface area contributed by atoms with Gasteiger partial charge in [-0.15, -0.1) is 0 Å². The number of amides is 2. The van der Waals surface area contributed by atoms with Crippen molar-refractivity contribution in [2.75, 3.05) is 10.6 Å². The zero-order valence-corrected chi connectivity index (χ0v) is 13.5. The summed E-state index contributed by atoms with van der Waals surface area (Å²) in [6, 6.07) is 13.9. The molecule has 0 fully saturated rings. The Morgan fingerprint density at radius 3 is 2.23 bits per heavy atom. The molecule has 0 aliphatic rings. The third kappa shape index (κ3) is 4.52. The van der Waals surface area contributed by atoms with Crippen molar-refractivity contribution in [1.82, 2.24) is 5.32 Å². The van der Waals surface area contributed by atoms with Crippen LogP contribution in [0.3, 0.4) is 0 Å². The summed E-state index contributed by atoms with van der Waals surface area (Å²) in [5.74, 6) is 0. The van der Waals surface area contributed by atoms with Crippen LogP contribution >= 0.6 is 0 Å². The zero-order chi connectivity index (χ0) is 16.1. The van der Waals surface area contributed by atoms with Gasteiger partial charge in [-0.1, -0.05) is 12.1 Å². The first-order valence-corrected chi connectivity index (χ1v) is 7.46. The average molecular weight is 297 g/mol. The van der Waals surface area contributed by atoms with Gasteiger partial charge in [0, 0.05) is 23.1 Å². The van der Waals surface area contributed by atoms with Crippen LogP contribution in [-0.4, -0.2) is 12.1 Å². The largest absolute Gasteiger partial charge is 0.355 e. The maximum atomic E-state index is 11.6. The molecule has 0 atom stereocenters. The van der Waals surface area contributed by atoms with Gasteiger partial charge in [0.1, 0.15) is 0 Å². The number of carbonyl (C=O) groups excluding carboxylic acids is 1. The highest BCUT2D eigenvalue weighted by Crippen LogP contribution is 2.22. The van der Waals surface area contributed by atoms with Gasteiger partial charge in [0.2, 0.25) is 0 Å². The van der Waals surface area contributed by atoms with E-state index in [0.29, 0.717) is 0 Å². The summed E-state index contributed by atoms with van der Waals surface area (Å²) in [5.41, 5.74) is 5.27. The highest BCUT2D eigenvalue weighted by Gasteiger charge is 2.04. The lowest BCUT2D eigenvalue weighted by Crippen LogP contribution is -2.34. The smallest absolute Gasteiger partial charge is 0.319 e. The van der Waals surface area contributed by atoms with Crippen molar-refractivity contribution in [3.8, 4) is 0 Å². The van der Waals surface area contributed by atoms with E-state index in [1.54, 1.807) is 0 Å². The summed E-state index contributed by atoms with van der Waals surface area (Å²) in [4.78, 5) is 11.6. The fraction of sp³-hybridized carbons (Fsp3) is 0.278. The van der Waals surface area contributed by atoms with Crippen LogP contribution in [0, 0.1) is 13.8 Å². The van der Waals surface area contributed by atoms with E-state index >= 15 is 0 Å². The molecule has 0 bridgehead atoms. The van der Waals surface area contributed by atoms with Gasteiger partial charge in [0.15, 0.2) is 0 Å². The first-order valence-electron chi connectivity index (χ1n) is 7.46. The predicted octanol–water partition coefficient (Wildman–Crippen LogP) is 4.58. The third-order valence-electron chi connectivity index (χ3n) is 3.23. The quantitative estimate of drug-likeness (QED) is 0.774. The Kier molecular flexibility index (Phi) is 5.04. The predicted molar refractivity (Wildman–Crippen MR) is 92.9 cm³/mol. The van der Waals surface area contributed by atoms with Gasteiger partial charge in [-0.3, -0.25) is 0 Å². The van der Waals surface area contributed by atoms with Crippen molar-refractivity contribution in [3.05, 3.63) is 53.6 Å². The molecule has 0 aliphatic heterocycles. The maximum Gasteiger partial charge on any atom is 0.319 e. The number of hydrogen-bond acceptors (Lipinski definition) is 2. The van der Waals surface area contributed by atoms with E-state index in [2.05, 4.69) is 48.0 Å². The first-order chi connectivity index (χ1) is 10.4. The van der Waals surface area contributed by atoms with Gasteiger partial charge in [-0.2, -0.15) is 0 Å². The molecule has 4 nitrogen and oxygen atoms in total. The number of rotatable bonds is 4. The molecule has 116 valence electrons. The number of carbonyl (C=O) groups is 1. The van der Waals surface area contributed by atoms with Gasteiger partial charge in [0.05, 0.1) is 0 Å².